The fourth-order valence-electron chi connectivity index (χ4n) is 3.30. The summed E-state index contributed by atoms with van der Waals surface area (Å²) in [5.74, 6) is 1.84. The van der Waals surface area contributed by atoms with Crippen molar-refractivity contribution in [3.05, 3.63) is 53.6 Å². The molecule has 0 saturated carbocycles. The summed E-state index contributed by atoms with van der Waals surface area (Å²) >= 11 is 0. The lowest BCUT2D eigenvalue weighted by Crippen LogP contribution is -2.07. The number of hydrogen-bond acceptors (Lipinski definition) is 4. The van der Waals surface area contributed by atoms with E-state index in [0.29, 0.717) is 17.3 Å². The third kappa shape index (κ3) is 4.28. The molecule has 0 radical (unpaired) electrons. The van der Waals surface area contributed by atoms with Crippen LogP contribution in [0.1, 0.15) is 42.9 Å². The summed E-state index contributed by atoms with van der Waals surface area (Å²) in [7, 11) is -1.81. The molecule has 144 valence electrons. The Morgan fingerprint density at radius 2 is 1.93 bits per heavy atom. The second-order valence-electron chi connectivity index (χ2n) is 7.04. The van der Waals surface area contributed by atoms with Crippen molar-refractivity contribution in [3.8, 4) is 22.6 Å². The van der Waals surface area contributed by atoms with Gasteiger partial charge in [-0.05, 0) is 37.5 Å². The van der Waals surface area contributed by atoms with E-state index in [1.165, 1.54) is 13.8 Å². The quantitative estimate of drug-likeness (QED) is 0.397. The van der Waals surface area contributed by atoms with Crippen molar-refractivity contribution >= 4 is 13.4 Å². The smallest absolute Gasteiger partial charge is 0.375 e. The highest BCUT2D eigenvalue weighted by molar-refractivity contribution is 7.53. The maximum absolute atomic E-state index is 12.5. The first-order valence-corrected chi connectivity index (χ1v) is 11.3. The summed E-state index contributed by atoms with van der Waals surface area (Å²) in [6.45, 7) is 9.76. The van der Waals surface area contributed by atoms with Crippen LogP contribution < -0.4 is 9.26 Å². The normalized spacial score (nSPS) is 14.7. The molecule has 0 aliphatic carbocycles. The third-order valence-corrected chi connectivity index (χ3v) is 5.96. The van der Waals surface area contributed by atoms with Crippen LogP contribution in [0.15, 0.2) is 36.9 Å². The Balaban J connectivity index is 2.15. The Morgan fingerprint density at radius 3 is 2.63 bits per heavy atom. The van der Waals surface area contributed by atoms with Gasteiger partial charge in [0, 0.05) is 24.9 Å². The van der Waals surface area contributed by atoms with Crippen LogP contribution in [0.4, 0.5) is 0 Å². The molecule has 4 nitrogen and oxygen atoms in total. The molecule has 5 heteroatoms. The minimum atomic E-state index is -3.21. The monoisotopic (exact) mass is 386 g/mol. The summed E-state index contributed by atoms with van der Waals surface area (Å²) in [6.07, 6.45) is 4.31. The summed E-state index contributed by atoms with van der Waals surface area (Å²) in [4.78, 5) is 0. The van der Waals surface area contributed by atoms with E-state index in [1.807, 2.05) is 31.2 Å². The first-order chi connectivity index (χ1) is 12.8. The minimum absolute atomic E-state index is 0.533. The lowest BCUT2D eigenvalue weighted by molar-refractivity contribution is 0.328. The van der Waals surface area contributed by atoms with E-state index in [4.69, 9.17) is 13.8 Å². The predicted octanol–water partition coefficient (Wildman–Crippen LogP) is 6.61. The van der Waals surface area contributed by atoms with E-state index in [1.54, 1.807) is 0 Å². The molecule has 1 aliphatic rings. The zero-order valence-electron chi connectivity index (χ0n) is 16.5. The van der Waals surface area contributed by atoms with Crippen LogP contribution in [0, 0.1) is 6.92 Å². The highest BCUT2D eigenvalue weighted by atomic mass is 31.2. The standard InChI is InChI=1S/C22H27O4P/c1-6-7-8-9-17-13-20-22(21(14-17)26-27(5,23)24-4)19-12-15(2)10-11-18(19)16(3)25-20/h10-14H,3,6-9H2,1-2,4-5H3. The molecule has 1 atom stereocenters. The zero-order chi connectivity index (χ0) is 19.6. The van der Waals surface area contributed by atoms with Gasteiger partial charge in [0.05, 0.1) is 5.56 Å². The minimum Gasteiger partial charge on any atom is -0.457 e. The van der Waals surface area contributed by atoms with Crippen LogP contribution in [-0.2, 0) is 15.5 Å². The summed E-state index contributed by atoms with van der Waals surface area (Å²) in [5.41, 5.74) is 4.92. The molecule has 0 bridgehead atoms. The molecule has 3 rings (SSSR count). The maximum Gasteiger partial charge on any atom is 0.375 e. The van der Waals surface area contributed by atoms with E-state index in [2.05, 4.69) is 19.6 Å². The Labute approximate surface area is 161 Å². The Bertz CT molecular complexity index is 917. The van der Waals surface area contributed by atoms with Gasteiger partial charge >= 0.3 is 7.60 Å². The zero-order valence-corrected chi connectivity index (χ0v) is 17.4. The molecular formula is C22H27O4P. The second-order valence-corrected chi connectivity index (χ2v) is 9.13. The van der Waals surface area contributed by atoms with Gasteiger partial charge in [-0.1, -0.05) is 50.1 Å². The Hall–Kier alpha value is -2.03. The van der Waals surface area contributed by atoms with Crippen molar-refractivity contribution in [2.24, 2.45) is 0 Å². The third-order valence-electron chi connectivity index (χ3n) is 4.77. The van der Waals surface area contributed by atoms with E-state index < -0.39 is 7.60 Å². The summed E-state index contributed by atoms with van der Waals surface area (Å²) < 4.78 is 29.5. The van der Waals surface area contributed by atoms with Gasteiger partial charge in [-0.15, -0.1) is 0 Å². The molecule has 1 aliphatic heterocycles. The summed E-state index contributed by atoms with van der Waals surface area (Å²) in [6, 6.07) is 10.1. The molecule has 0 N–H and O–H groups in total. The van der Waals surface area contributed by atoms with E-state index in [0.717, 1.165) is 53.5 Å². The molecule has 1 heterocycles. The molecule has 0 amide bonds. The number of fused-ring (bicyclic) bond motifs is 3. The number of hydrogen-bond donors (Lipinski definition) is 0. The number of benzene rings is 2. The van der Waals surface area contributed by atoms with Crippen LogP contribution in [0.2, 0.25) is 0 Å². The molecular weight excluding hydrogens is 359 g/mol. The molecule has 2 aromatic rings. The van der Waals surface area contributed by atoms with Crippen molar-refractivity contribution in [1.29, 1.82) is 0 Å². The van der Waals surface area contributed by atoms with Gasteiger partial charge in [0.15, 0.2) is 0 Å². The summed E-state index contributed by atoms with van der Waals surface area (Å²) in [5, 5.41) is 0. The fraction of sp³-hybridized carbons (Fsp3) is 0.364. The van der Waals surface area contributed by atoms with Crippen molar-refractivity contribution in [2.75, 3.05) is 13.8 Å². The van der Waals surface area contributed by atoms with Crippen LogP contribution in [0.3, 0.4) is 0 Å². The van der Waals surface area contributed by atoms with Crippen molar-refractivity contribution < 1.29 is 18.3 Å². The van der Waals surface area contributed by atoms with E-state index in [-0.39, 0.29) is 0 Å². The molecule has 1 unspecified atom stereocenters. The highest BCUT2D eigenvalue weighted by Gasteiger charge is 2.28. The van der Waals surface area contributed by atoms with Gasteiger partial charge < -0.3 is 13.8 Å². The van der Waals surface area contributed by atoms with Crippen LogP contribution >= 0.6 is 7.60 Å². The SMILES string of the molecule is C=C1Oc2cc(CCCCC)cc(OP(C)(=O)OC)c2-c2cc(C)ccc21. The fourth-order valence-corrected chi connectivity index (χ4v) is 3.87. The first-order valence-electron chi connectivity index (χ1n) is 9.32. The van der Waals surface area contributed by atoms with E-state index >= 15 is 0 Å². The van der Waals surface area contributed by atoms with Crippen molar-refractivity contribution in [1.82, 2.24) is 0 Å². The van der Waals surface area contributed by atoms with Crippen LogP contribution in [-0.4, -0.2) is 13.8 Å². The first kappa shape index (κ1) is 19.7. The molecule has 0 spiro atoms. The maximum atomic E-state index is 12.5. The second kappa shape index (κ2) is 7.92. The van der Waals surface area contributed by atoms with Gasteiger partial charge in [-0.2, -0.15) is 0 Å². The highest BCUT2D eigenvalue weighted by Crippen LogP contribution is 2.52. The molecule has 0 saturated heterocycles. The molecule has 0 fully saturated rings. The van der Waals surface area contributed by atoms with Gasteiger partial charge in [0.1, 0.15) is 17.3 Å². The van der Waals surface area contributed by atoms with Crippen molar-refractivity contribution in [2.45, 2.75) is 39.5 Å². The lowest BCUT2D eigenvalue weighted by atomic mass is 9.91. The lowest BCUT2D eigenvalue weighted by Gasteiger charge is -2.26. The number of unbranched alkanes of at least 4 members (excludes halogenated alkanes) is 2. The van der Waals surface area contributed by atoms with Crippen molar-refractivity contribution in [3.63, 3.8) is 0 Å². The molecule has 2 aromatic carbocycles. The van der Waals surface area contributed by atoms with Gasteiger partial charge in [0.2, 0.25) is 0 Å². The number of ether oxygens (including phenoxy) is 1. The number of aryl methyl sites for hydroxylation is 2. The van der Waals surface area contributed by atoms with E-state index in [9.17, 15) is 4.57 Å². The Morgan fingerprint density at radius 1 is 1.15 bits per heavy atom. The van der Waals surface area contributed by atoms with Crippen LogP contribution in [0.25, 0.3) is 16.9 Å². The Kier molecular flexibility index (Phi) is 5.78. The molecule has 0 aromatic heterocycles. The average molecular weight is 386 g/mol. The average Bonchev–Trinajstić information content (AvgIpc) is 2.61. The van der Waals surface area contributed by atoms with Gasteiger partial charge in [-0.25, -0.2) is 4.57 Å². The predicted molar refractivity (Wildman–Crippen MR) is 111 cm³/mol. The molecule has 27 heavy (non-hydrogen) atoms. The largest absolute Gasteiger partial charge is 0.457 e. The number of rotatable bonds is 7. The van der Waals surface area contributed by atoms with Crippen LogP contribution in [0.5, 0.6) is 11.5 Å². The topological polar surface area (TPSA) is 44.8 Å². The van der Waals surface area contributed by atoms with Gasteiger partial charge in [0.25, 0.3) is 0 Å². The van der Waals surface area contributed by atoms with Gasteiger partial charge in [-0.3, -0.25) is 0 Å².